The van der Waals surface area contributed by atoms with Gasteiger partial charge in [0.2, 0.25) is 11.8 Å². The predicted octanol–water partition coefficient (Wildman–Crippen LogP) is 2.80. The number of hydrogen-bond acceptors (Lipinski definition) is 5. The number of nitrogens with one attached hydrogen (secondary N) is 1. The second kappa shape index (κ2) is 9.16. The lowest BCUT2D eigenvalue weighted by Crippen LogP contribution is -2.48. The average Bonchev–Trinajstić information content (AvgIpc) is 3.21. The number of hydrogen-bond donors (Lipinski definition) is 1. The number of nitrogens with zero attached hydrogens (tertiary/aromatic N) is 3. The summed E-state index contributed by atoms with van der Waals surface area (Å²) >= 11 is 1.72. The molecule has 160 valence electrons. The molecule has 7 heteroatoms. The van der Waals surface area contributed by atoms with Gasteiger partial charge >= 0.3 is 0 Å². The molecule has 1 aliphatic heterocycles. The molecule has 30 heavy (non-hydrogen) atoms. The van der Waals surface area contributed by atoms with Gasteiger partial charge in [-0.25, -0.2) is 4.98 Å². The summed E-state index contributed by atoms with van der Waals surface area (Å²) in [4.78, 5) is 34.5. The van der Waals surface area contributed by atoms with E-state index < -0.39 is 0 Å². The zero-order chi connectivity index (χ0) is 21.1. The van der Waals surface area contributed by atoms with Crippen LogP contribution >= 0.6 is 11.3 Å². The van der Waals surface area contributed by atoms with Crippen LogP contribution in [0.2, 0.25) is 0 Å². The van der Waals surface area contributed by atoms with Crippen molar-refractivity contribution in [3.05, 3.63) is 46.0 Å². The maximum absolute atomic E-state index is 12.7. The molecule has 0 radical (unpaired) electrons. The van der Waals surface area contributed by atoms with Crippen molar-refractivity contribution in [3.63, 3.8) is 0 Å². The highest BCUT2D eigenvalue weighted by atomic mass is 32.1. The predicted molar refractivity (Wildman–Crippen MR) is 120 cm³/mol. The van der Waals surface area contributed by atoms with E-state index in [1.165, 1.54) is 10.4 Å². The van der Waals surface area contributed by atoms with E-state index in [0.29, 0.717) is 6.54 Å². The molecule has 1 N–H and O–H groups in total. The van der Waals surface area contributed by atoms with Gasteiger partial charge in [0.25, 0.3) is 0 Å². The minimum Gasteiger partial charge on any atom is -0.352 e. The Bertz CT molecular complexity index is 900. The number of piperazine rings is 1. The average molecular weight is 427 g/mol. The molecule has 1 aromatic heterocycles. The van der Waals surface area contributed by atoms with Crippen molar-refractivity contribution in [2.75, 3.05) is 31.1 Å². The first-order valence-corrected chi connectivity index (χ1v) is 11.7. The van der Waals surface area contributed by atoms with Crippen LogP contribution in [0.5, 0.6) is 0 Å². The fourth-order valence-corrected chi connectivity index (χ4v) is 5.40. The number of anilines is 1. The Labute approximate surface area is 182 Å². The zero-order valence-corrected chi connectivity index (χ0v) is 18.6. The van der Waals surface area contributed by atoms with Gasteiger partial charge in [-0.2, -0.15) is 0 Å². The third-order valence-electron chi connectivity index (χ3n) is 6.19. The maximum Gasteiger partial charge on any atom is 0.223 e. The van der Waals surface area contributed by atoms with Crippen LogP contribution in [-0.2, 0) is 35.4 Å². The number of fused-ring (bicyclic) bond motifs is 1. The summed E-state index contributed by atoms with van der Waals surface area (Å²) < 4.78 is 0. The third kappa shape index (κ3) is 4.67. The van der Waals surface area contributed by atoms with E-state index in [2.05, 4.69) is 41.4 Å². The normalized spacial score (nSPS) is 18.8. The Balaban J connectivity index is 1.32. The number of carbonyl (C=O) groups is 2. The number of thiazole rings is 1. The van der Waals surface area contributed by atoms with Gasteiger partial charge in [0.1, 0.15) is 0 Å². The van der Waals surface area contributed by atoms with Gasteiger partial charge < -0.3 is 15.1 Å². The van der Waals surface area contributed by atoms with Crippen molar-refractivity contribution in [2.24, 2.45) is 5.92 Å². The monoisotopic (exact) mass is 426 g/mol. The maximum atomic E-state index is 12.7. The minimum atomic E-state index is 0.0234. The number of amides is 2. The summed E-state index contributed by atoms with van der Waals surface area (Å²) in [5, 5.41) is 4.16. The second-order valence-corrected chi connectivity index (χ2v) is 9.25. The lowest BCUT2D eigenvalue weighted by atomic mass is 9.90. The van der Waals surface area contributed by atoms with Gasteiger partial charge in [0.05, 0.1) is 5.69 Å². The quantitative estimate of drug-likeness (QED) is 0.799. The molecule has 2 heterocycles. The SMILES string of the molecule is CCc1ccc(CNC(=O)[C@H]2CCc3nc(N4CCN(C(C)=O)CC4)sc3C2)cc1. The molecule has 0 saturated carbocycles. The summed E-state index contributed by atoms with van der Waals surface area (Å²) in [5.74, 6) is 0.309. The zero-order valence-electron chi connectivity index (χ0n) is 17.8. The lowest BCUT2D eigenvalue weighted by molar-refractivity contribution is -0.129. The van der Waals surface area contributed by atoms with Crippen LogP contribution in [0.3, 0.4) is 0 Å². The van der Waals surface area contributed by atoms with E-state index in [0.717, 1.165) is 68.3 Å². The number of rotatable bonds is 5. The summed E-state index contributed by atoms with van der Waals surface area (Å²) in [6.07, 6.45) is 3.53. The van der Waals surface area contributed by atoms with Crippen molar-refractivity contribution in [1.82, 2.24) is 15.2 Å². The highest BCUT2D eigenvalue weighted by Crippen LogP contribution is 2.34. The second-order valence-electron chi connectivity index (χ2n) is 8.19. The molecule has 6 nitrogen and oxygen atoms in total. The number of aryl methyl sites for hydroxylation is 2. The standard InChI is InChI=1S/C23H30N4O2S/c1-3-17-4-6-18(7-5-17)15-24-22(29)19-8-9-20-21(14-19)30-23(25-20)27-12-10-26(11-13-27)16(2)28/h4-7,19H,3,8-15H2,1-2H3,(H,24,29)/t19-/m0/s1. The largest absolute Gasteiger partial charge is 0.352 e. The first kappa shape index (κ1) is 20.8. The molecule has 0 unspecified atom stereocenters. The van der Waals surface area contributed by atoms with Crippen LogP contribution < -0.4 is 10.2 Å². The van der Waals surface area contributed by atoms with Crippen LogP contribution in [0.15, 0.2) is 24.3 Å². The van der Waals surface area contributed by atoms with Gasteiger partial charge in [0, 0.05) is 50.4 Å². The highest BCUT2D eigenvalue weighted by molar-refractivity contribution is 7.15. The van der Waals surface area contributed by atoms with Crippen molar-refractivity contribution < 1.29 is 9.59 Å². The van der Waals surface area contributed by atoms with Crippen molar-refractivity contribution >= 4 is 28.3 Å². The fourth-order valence-electron chi connectivity index (χ4n) is 4.16. The molecule has 1 atom stereocenters. The van der Waals surface area contributed by atoms with Crippen molar-refractivity contribution in [1.29, 1.82) is 0 Å². The summed E-state index contributed by atoms with van der Waals surface area (Å²) in [5.41, 5.74) is 3.61. The molecule has 1 aromatic carbocycles. The molecule has 1 fully saturated rings. The van der Waals surface area contributed by atoms with E-state index in [9.17, 15) is 9.59 Å². The third-order valence-corrected chi connectivity index (χ3v) is 7.37. The van der Waals surface area contributed by atoms with Crippen LogP contribution in [0.4, 0.5) is 5.13 Å². The van der Waals surface area contributed by atoms with E-state index in [-0.39, 0.29) is 17.7 Å². The molecule has 1 saturated heterocycles. The number of aromatic nitrogens is 1. The van der Waals surface area contributed by atoms with Crippen LogP contribution in [-0.4, -0.2) is 47.9 Å². The molecule has 2 aliphatic rings. The first-order chi connectivity index (χ1) is 14.5. The van der Waals surface area contributed by atoms with E-state index in [1.54, 1.807) is 18.3 Å². The molecule has 1 aliphatic carbocycles. The van der Waals surface area contributed by atoms with Gasteiger partial charge in [-0.3, -0.25) is 9.59 Å². The Hall–Kier alpha value is -2.41. The van der Waals surface area contributed by atoms with E-state index in [4.69, 9.17) is 4.98 Å². The van der Waals surface area contributed by atoms with E-state index >= 15 is 0 Å². The molecule has 0 spiro atoms. The summed E-state index contributed by atoms with van der Waals surface area (Å²) in [6, 6.07) is 8.45. The Morgan fingerprint density at radius 3 is 2.50 bits per heavy atom. The van der Waals surface area contributed by atoms with Crippen LogP contribution in [0.1, 0.15) is 42.0 Å². The Morgan fingerprint density at radius 2 is 1.83 bits per heavy atom. The van der Waals surface area contributed by atoms with Crippen LogP contribution in [0, 0.1) is 5.92 Å². The highest BCUT2D eigenvalue weighted by Gasteiger charge is 2.29. The van der Waals surface area contributed by atoms with Gasteiger partial charge in [-0.05, 0) is 36.8 Å². The molecule has 2 aromatic rings. The smallest absolute Gasteiger partial charge is 0.223 e. The molecule has 2 amide bonds. The summed E-state index contributed by atoms with van der Waals surface area (Å²) in [7, 11) is 0. The van der Waals surface area contributed by atoms with Gasteiger partial charge in [-0.15, -0.1) is 11.3 Å². The topological polar surface area (TPSA) is 65.5 Å². The van der Waals surface area contributed by atoms with Crippen molar-refractivity contribution in [3.8, 4) is 0 Å². The van der Waals surface area contributed by atoms with Crippen LogP contribution in [0.25, 0.3) is 0 Å². The first-order valence-electron chi connectivity index (χ1n) is 10.9. The fraction of sp³-hybridized carbons (Fsp3) is 0.522. The number of carbonyl (C=O) groups excluding carboxylic acids is 2. The van der Waals surface area contributed by atoms with Crippen molar-refractivity contribution in [2.45, 2.75) is 46.1 Å². The summed E-state index contributed by atoms with van der Waals surface area (Å²) in [6.45, 7) is 7.52. The van der Waals surface area contributed by atoms with Gasteiger partial charge in [0.15, 0.2) is 5.13 Å². The Kier molecular flexibility index (Phi) is 6.37. The molecule has 0 bridgehead atoms. The Morgan fingerprint density at radius 1 is 1.13 bits per heavy atom. The molecular formula is C23H30N4O2S. The van der Waals surface area contributed by atoms with E-state index in [1.807, 2.05) is 4.90 Å². The van der Waals surface area contributed by atoms with Gasteiger partial charge in [-0.1, -0.05) is 31.2 Å². The lowest BCUT2D eigenvalue weighted by Gasteiger charge is -2.33. The number of benzene rings is 1. The molecular weight excluding hydrogens is 396 g/mol. The molecule has 4 rings (SSSR count). The minimum absolute atomic E-state index is 0.0234.